The lowest BCUT2D eigenvalue weighted by Gasteiger charge is -2.10. The van der Waals surface area contributed by atoms with Gasteiger partial charge in [-0.25, -0.2) is 9.97 Å². The minimum atomic E-state index is -0.0336. The van der Waals surface area contributed by atoms with Crippen LogP contribution >= 0.6 is 27.7 Å². The van der Waals surface area contributed by atoms with Gasteiger partial charge in [0.15, 0.2) is 0 Å². The van der Waals surface area contributed by atoms with Gasteiger partial charge in [-0.1, -0.05) is 6.07 Å². The number of hydrogen-bond acceptors (Lipinski definition) is 4. The van der Waals surface area contributed by atoms with Crippen LogP contribution < -0.4 is 5.73 Å². The Hall–Kier alpha value is -0.910. The normalized spacial score (nSPS) is 12.4. The molecule has 0 aromatic carbocycles. The highest BCUT2D eigenvalue weighted by Gasteiger charge is 2.11. The number of nitrogens with two attached hydrogens (primary N) is 1. The Labute approximate surface area is 113 Å². The molecule has 0 aliphatic carbocycles. The minimum absolute atomic E-state index is 0.0336. The second-order valence-electron chi connectivity index (χ2n) is 3.58. The lowest BCUT2D eigenvalue weighted by molar-refractivity contribution is 0.779. The van der Waals surface area contributed by atoms with E-state index >= 15 is 0 Å². The van der Waals surface area contributed by atoms with Crippen LogP contribution in [0.4, 0.5) is 0 Å². The maximum absolute atomic E-state index is 5.92. The second kappa shape index (κ2) is 5.62. The molecule has 0 saturated heterocycles. The molecule has 1 atom stereocenters. The minimum Gasteiger partial charge on any atom is -0.324 e. The van der Waals surface area contributed by atoms with Crippen LogP contribution in [0.5, 0.6) is 0 Å². The van der Waals surface area contributed by atoms with E-state index in [1.165, 1.54) is 11.8 Å². The molecule has 2 rings (SSSR count). The zero-order valence-electron chi connectivity index (χ0n) is 9.30. The molecule has 0 bridgehead atoms. The first-order valence-electron chi connectivity index (χ1n) is 5.17. The zero-order valence-corrected chi connectivity index (χ0v) is 11.7. The lowest BCUT2D eigenvalue weighted by atomic mass is 10.2. The highest BCUT2D eigenvalue weighted by atomic mass is 79.9. The van der Waals surface area contributed by atoms with E-state index in [0.717, 1.165) is 20.1 Å². The van der Waals surface area contributed by atoms with Gasteiger partial charge in [-0.15, -0.1) is 0 Å². The second-order valence-corrected chi connectivity index (χ2v) is 5.41. The predicted octanol–water partition coefficient (Wildman–Crippen LogP) is 3.41. The molecule has 2 aromatic rings. The summed E-state index contributed by atoms with van der Waals surface area (Å²) >= 11 is 4.99. The molecule has 0 spiro atoms. The Balaban J connectivity index is 2.34. The van der Waals surface area contributed by atoms with Gasteiger partial charge in [0.2, 0.25) is 0 Å². The molecule has 5 heteroatoms. The fourth-order valence-electron chi connectivity index (χ4n) is 1.37. The van der Waals surface area contributed by atoms with Gasteiger partial charge >= 0.3 is 0 Å². The van der Waals surface area contributed by atoms with Crippen molar-refractivity contribution in [1.82, 2.24) is 9.97 Å². The third-order valence-corrected chi connectivity index (χ3v) is 4.16. The van der Waals surface area contributed by atoms with Crippen molar-refractivity contribution in [2.24, 2.45) is 5.73 Å². The van der Waals surface area contributed by atoms with Crippen molar-refractivity contribution in [2.45, 2.75) is 23.0 Å². The largest absolute Gasteiger partial charge is 0.324 e. The van der Waals surface area contributed by atoms with Crippen molar-refractivity contribution >= 4 is 27.7 Å². The highest BCUT2D eigenvalue weighted by Crippen LogP contribution is 2.33. The van der Waals surface area contributed by atoms with E-state index in [-0.39, 0.29) is 6.04 Å². The van der Waals surface area contributed by atoms with Gasteiger partial charge in [0, 0.05) is 24.0 Å². The summed E-state index contributed by atoms with van der Waals surface area (Å²) in [7, 11) is 0. The number of aromatic nitrogens is 2. The monoisotopic (exact) mass is 309 g/mol. The van der Waals surface area contributed by atoms with Crippen LogP contribution in [0.1, 0.15) is 18.5 Å². The van der Waals surface area contributed by atoms with Crippen molar-refractivity contribution in [3.8, 4) is 0 Å². The summed E-state index contributed by atoms with van der Waals surface area (Å²) in [5.41, 5.74) is 6.96. The number of halogens is 1. The first kappa shape index (κ1) is 12.5. The van der Waals surface area contributed by atoms with E-state index in [1.54, 1.807) is 12.4 Å². The molecule has 0 aliphatic rings. The van der Waals surface area contributed by atoms with Gasteiger partial charge in [0.1, 0.15) is 10.1 Å². The predicted molar refractivity (Wildman–Crippen MR) is 72.9 cm³/mol. The van der Waals surface area contributed by atoms with Crippen LogP contribution in [0.2, 0.25) is 0 Å². The molecule has 0 saturated carbocycles. The summed E-state index contributed by atoms with van der Waals surface area (Å²) in [6, 6.07) is 7.71. The fourth-order valence-corrected chi connectivity index (χ4v) is 2.82. The third-order valence-electron chi connectivity index (χ3n) is 2.21. The van der Waals surface area contributed by atoms with Crippen molar-refractivity contribution in [1.29, 1.82) is 0 Å². The average molecular weight is 310 g/mol. The topological polar surface area (TPSA) is 51.8 Å². The number of nitrogens with zero attached hydrogens (tertiary/aromatic N) is 2. The van der Waals surface area contributed by atoms with Gasteiger partial charge < -0.3 is 5.73 Å². The quantitative estimate of drug-likeness (QED) is 0.944. The maximum Gasteiger partial charge on any atom is 0.116 e. The van der Waals surface area contributed by atoms with Crippen LogP contribution in [0, 0.1) is 0 Å². The molecule has 0 unspecified atom stereocenters. The van der Waals surface area contributed by atoms with E-state index in [9.17, 15) is 0 Å². The Bertz CT molecular complexity index is 517. The summed E-state index contributed by atoms with van der Waals surface area (Å²) in [6.45, 7) is 1.95. The van der Waals surface area contributed by atoms with Crippen LogP contribution in [0.3, 0.4) is 0 Å². The molecule has 2 aromatic heterocycles. The lowest BCUT2D eigenvalue weighted by Crippen LogP contribution is -2.07. The fraction of sp³-hybridized carbons (Fsp3) is 0.167. The van der Waals surface area contributed by atoms with E-state index in [1.807, 2.05) is 31.2 Å². The summed E-state index contributed by atoms with van der Waals surface area (Å²) in [5.74, 6) is 0. The Morgan fingerprint density at radius 1 is 1.18 bits per heavy atom. The van der Waals surface area contributed by atoms with Gasteiger partial charge in [0.25, 0.3) is 0 Å². The Kier molecular flexibility index (Phi) is 4.15. The van der Waals surface area contributed by atoms with Crippen LogP contribution in [-0.4, -0.2) is 9.97 Å². The molecule has 0 fully saturated rings. The number of rotatable bonds is 3. The molecule has 0 aliphatic heterocycles. The smallest absolute Gasteiger partial charge is 0.116 e. The Morgan fingerprint density at radius 2 is 1.82 bits per heavy atom. The third kappa shape index (κ3) is 3.06. The standard InChI is InChI=1S/C12H12BrN3S/c1-8(14)9-4-2-6-15-11(9)17-12-10(13)5-3-7-16-12/h2-8H,14H2,1H3/t8-/m1/s1. The van der Waals surface area contributed by atoms with Gasteiger partial charge in [-0.2, -0.15) is 0 Å². The Morgan fingerprint density at radius 3 is 2.47 bits per heavy atom. The van der Waals surface area contributed by atoms with Crippen molar-refractivity contribution < 1.29 is 0 Å². The van der Waals surface area contributed by atoms with E-state index in [4.69, 9.17) is 5.73 Å². The summed E-state index contributed by atoms with van der Waals surface area (Å²) in [6.07, 6.45) is 3.53. The first-order valence-corrected chi connectivity index (χ1v) is 6.78. The SMILES string of the molecule is C[C@@H](N)c1cccnc1Sc1ncccc1Br. The van der Waals surface area contributed by atoms with Crippen LogP contribution in [0.15, 0.2) is 51.2 Å². The first-order chi connectivity index (χ1) is 8.18. The van der Waals surface area contributed by atoms with E-state index in [2.05, 4.69) is 25.9 Å². The summed E-state index contributed by atoms with van der Waals surface area (Å²) in [4.78, 5) is 8.67. The number of hydrogen-bond donors (Lipinski definition) is 1. The molecular formula is C12H12BrN3S. The van der Waals surface area contributed by atoms with Crippen molar-refractivity contribution in [3.63, 3.8) is 0 Å². The highest BCUT2D eigenvalue weighted by molar-refractivity contribution is 9.10. The van der Waals surface area contributed by atoms with Gasteiger partial charge in [0.05, 0.1) is 4.47 Å². The van der Waals surface area contributed by atoms with Gasteiger partial charge in [-0.3, -0.25) is 0 Å². The van der Waals surface area contributed by atoms with E-state index in [0.29, 0.717) is 0 Å². The van der Waals surface area contributed by atoms with Crippen molar-refractivity contribution in [3.05, 3.63) is 46.7 Å². The van der Waals surface area contributed by atoms with E-state index < -0.39 is 0 Å². The number of pyridine rings is 2. The summed E-state index contributed by atoms with van der Waals surface area (Å²) < 4.78 is 0.964. The molecule has 3 nitrogen and oxygen atoms in total. The van der Waals surface area contributed by atoms with Gasteiger partial charge in [-0.05, 0) is 52.8 Å². The molecular weight excluding hydrogens is 298 g/mol. The molecule has 0 amide bonds. The maximum atomic E-state index is 5.92. The average Bonchev–Trinajstić information content (AvgIpc) is 2.32. The van der Waals surface area contributed by atoms with Crippen LogP contribution in [0.25, 0.3) is 0 Å². The zero-order chi connectivity index (χ0) is 12.3. The molecule has 2 heterocycles. The molecule has 2 N–H and O–H groups in total. The molecule has 88 valence electrons. The summed E-state index contributed by atoms with van der Waals surface area (Å²) in [5, 5.41) is 1.80. The van der Waals surface area contributed by atoms with Crippen LogP contribution in [-0.2, 0) is 0 Å². The van der Waals surface area contributed by atoms with Crippen molar-refractivity contribution in [2.75, 3.05) is 0 Å². The molecule has 0 radical (unpaired) electrons. The molecule has 17 heavy (non-hydrogen) atoms.